The molecule has 0 spiro atoms. The fourth-order valence-electron chi connectivity index (χ4n) is 12.4. The van der Waals surface area contributed by atoms with Gasteiger partial charge < -0.3 is 59.1 Å². The van der Waals surface area contributed by atoms with Crippen molar-refractivity contribution in [2.75, 3.05) is 0 Å². The van der Waals surface area contributed by atoms with Crippen LogP contribution < -0.4 is 28.4 Å². The maximum absolute atomic E-state index is 14.2. The van der Waals surface area contributed by atoms with Gasteiger partial charge in [-0.25, -0.2) is 50.7 Å². The summed E-state index contributed by atoms with van der Waals surface area (Å²) in [5.74, 6) is -6.64. The molecular formula is C98H92F8O18. The summed E-state index contributed by atoms with van der Waals surface area (Å²) in [6.07, 6.45) is -4.53. The van der Waals surface area contributed by atoms with E-state index in [9.17, 15) is 63.9 Å². The van der Waals surface area contributed by atoms with Gasteiger partial charge in [-0.3, -0.25) is 0 Å². The second-order valence-electron chi connectivity index (χ2n) is 28.6. The minimum atomic E-state index is -4.53. The Labute approximate surface area is 711 Å². The van der Waals surface area contributed by atoms with Gasteiger partial charge in [-0.05, 0) is 218 Å². The summed E-state index contributed by atoms with van der Waals surface area (Å²) in [6, 6.07) is 55.9. The number of rotatable bonds is 24. The first-order valence-electron chi connectivity index (χ1n) is 38.2. The number of aromatic carboxylic acids is 6. The highest BCUT2D eigenvalue weighted by molar-refractivity contribution is 5.92. The predicted octanol–water partition coefficient (Wildman–Crippen LogP) is 23.5. The van der Waals surface area contributed by atoms with Gasteiger partial charge in [0.2, 0.25) is 0 Å². The van der Waals surface area contributed by atoms with Crippen LogP contribution in [-0.4, -0.2) is 66.5 Å². The van der Waals surface area contributed by atoms with Crippen molar-refractivity contribution in [3.05, 3.63) is 386 Å². The molecule has 18 nitrogen and oxygen atoms in total. The maximum atomic E-state index is 14.2. The molecule has 0 saturated carbocycles. The van der Waals surface area contributed by atoms with E-state index >= 15 is 0 Å². The topological polar surface area (TPSA) is 279 Å². The third kappa shape index (κ3) is 26.8. The molecule has 0 saturated heterocycles. The molecule has 26 heteroatoms. The zero-order chi connectivity index (χ0) is 91.6. The Morgan fingerprint density at radius 1 is 0.258 bits per heavy atom. The monoisotopic (exact) mass is 1710 g/mol. The fourth-order valence-corrected chi connectivity index (χ4v) is 12.4. The van der Waals surface area contributed by atoms with Crippen molar-refractivity contribution in [1.82, 2.24) is 0 Å². The number of hydrogen-bond acceptors (Lipinski definition) is 12. The average molecular weight is 1710 g/mol. The molecule has 0 aliphatic rings. The van der Waals surface area contributed by atoms with Gasteiger partial charge in [0.1, 0.15) is 80.1 Å². The molecule has 648 valence electrons. The summed E-state index contributed by atoms with van der Waals surface area (Å²) in [5, 5.41) is 54.5. The van der Waals surface area contributed by atoms with Crippen LogP contribution in [0, 0.1) is 119 Å². The number of benzene rings is 12. The van der Waals surface area contributed by atoms with Crippen molar-refractivity contribution < 1.29 is 123 Å². The number of alkyl halides is 3. The normalized spacial score (nSPS) is 10.6. The van der Waals surface area contributed by atoms with Gasteiger partial charge in [-0.2, -0.15) is 13.2 Å². The van der Waals surface area contributed by atoms with E-state index < -0.39 is 53.4 Å². The van der Waals surface area contributed by atoms with Crippen LogP contribution in [0.4, 0.5) is 35.1 Å². The van der Waals surface area contributed by atoms with Gasteiger partial charge in [-0.1, -0.05) is 139 Å². The SMILES string of the molecule is Cc1cc(C)c(OCc2ccccc2C(=O)O)c(F)c1.Cc1cc(C)c(OCc2ccccc2C(=O)O)c(F)c1C.Cc1cc(C)c(OCc2ccccc2C(=O)O)cc1F.Cc1cc(OCc2ccccc2C(=O)O)c(C)c(F)c1C.Cc1ccc(OCc2ccccc2C(=O)O)c(C(F)(F)F)c1.Cc1ccc(OCc2ccccc2C(=O)O)c(C)c1F. The molecular weight excluding hydrogens is 1620 g/mol. The van der Waals surface area contributed by atoms with Crippen molar-refractivity contribution in [3.63, 3.8) is 0 Å². The van der Waals surface area contributed by atoms with E-state index in [1.54, 1.807) is 197 Å². The molecule has 0 aliphatic carbocycles. The smallest absolute Gasteiger partial charge is 0.419 e. The molecule has 0 heterocycles. The Morgan fingerprint density at radius 2 is 0.581 bits per heavy atom. The molecule has 0 radical (unpaired) electrons. The Balaban J connectivity index is 0.000000204. The van der Waals surface area contributed by atoms with Crippen LogP contribution >= 0.6 is 0 Å². The summed E-state index contributed by atoms with van der Waals surface area (Å²) in [7, 11) is 0. The third-order valence-electron chi connectivity index (χ3n) is 19.4. The lowest BCUT2D eigenvalue weighted by Gasteiger charge is -2.15. The van der Waals surface area contributed by atoms with E-state index in [2.05, 4.69) is 0 Å². The second-order valence-corrected chi connectivity index (χ2v) is 28.6. The zero-order valence-corrected chi connectivity index (χ0v) is 70.1. The molecule has 0 unspecified atom stereocenters. The number of carbonyl (C=O) groups is 6. The summed E-state index contributed by atoms with van der Waals surface area (Å²) < 4.78 is 141. The summed E-state index contributed by atoms with van der Waals surface area (Å²) in [6.45, 7) is 22.5. The first-order valence-corrected chi connectivity index (χ1v) is 38.2. The molecule has 0 fully saturated rings. The van der Waals surface area contributed by atoms with E-state index in [0.29, 0.717) is 101 Å². The molecule has 12 aromatic carbocycles. The van der Waals surface area contributed by atoms with Gasteiger partial charge in [0.05, 0.1) is 38.9 Å². The number of halogens is 8. The van der Waals surface area contributed by atoms with Crippen LogP contribution in [0.1, 0.15) is 173 Å². The van der Waals surface area contributed by atoms with Gasteiger partial charge in [-0.15, -0.1) is 0 Å². The van der Waals surface area contributed by atoms with Gasteiger partial charge in [0.25, 0.3) is 0 Å². The maximum Gasteiger partial charge on any atom is 0.419 e. The standard InChI is InChI=1S/2C17H17FO3.C16H13F3O3.3C16H15FO3/c1-10-8-15(12(3)16(18)11(10)2)21-9-13-6-4-5-7-14(13)17(19)20;1-10-8-11(2)16(15(18)12(10)3)21-9-13-6-4-5-7-14(13)17(19)20;1-10-6-7-14(13(8-10)16(17,18)19)22-9-11-4-2-3-5-12(11)15(20)21;1-10-7-11(2)15(8-14(10)17)20-9-12-5-3-4-6-13(12)16(18)19;1-10-7-11(2)15(14(17)8-10)20-9-12-5-3-4-6-13(12)16(18)19;1-10-7-8-14(11(2)15(10)17)20-9-12-5-3-4-6-13(12)16(18)19/h2*4-8H,9H2,1-3H3,(H,19,20);2-8H,9H2,1H3,(H,20,21);3*3-8H,9H2,1-2H3,(H,18,19). The van der Waals surface area contributed by atoms with Crippen molar-refractivity contribution >= 4 is 35.8 Å². The molecule has 12 aromatic rings. The lowest BCUT2D eigenvalue weighted by atomic mass is 10.0. The zero-order valence-electron chi connectivity index (χ0n) is 70.1. The Hall–Kier alpha value is -14.3. The van der Waals surface area contributed by atoms with E-state index in [-0.39, 0.29) is 114 Å². The Bertz CT molecular complexity index is 5780. The molecule has 12 rings (SSSR count). The summed E-state index contributed by atoms with van der Waals surface area (Å²) in [5.41, 5.74) is 11.3. The third-order valence-corrected chi connectivity index (χ3v) is 19.4. The van der Waals surface area contributed by atoms with E-state index in [0.717, 1.165) is 28.3 Å². The summed E-state index contributed by atoms with van der Waals surface area (Å²) in [4.78, 5) is 66.6. The minimum absolute atomic E-state index is 0.00294. The van der Waals surface area contributed by atoms with Crippen LogP contribution in [0.5, 0.6) is 34.5 Å². The number of ether oxygens (including phenoxy) is 6. The van der Waals surface area contributed by atoms with E-state index in [4.69, 9.17) is 59.1 Å². The minimum Gasteiger partial charge on any atom is -0.488 e. The Kier molecular flexibility index (Phi) is 35.0. The lowest BCUT2D eigenvalue weighted by Crippen LogP contribution is -2.10. The van der Waals surface area contributed by atoms with Gasteiger partial charge >= 0.3 is 42.0 Å². The largest absolute Gasteiger partial charge is 0.488 e. The second kappa shape index (κ2) is 44.8. The molecule has 0 amide bonds. The first-order chi connectivity index (χ1) is 58.6. The fraction of sp³-hybridized carbons (Fsp3) is 0.204. The number of aryl methyl sites for hydroxylation is 9. The van der Waals surface area contributed by atoms with Crippen molar-refractivity contribution in [1.29, 1.82) is 0 Å². The van der Waals surface area contributed by atoms with Crippen LogP contribution in [0.3, 0.4) is 0 Å². The number of hydrogen-bond donors (Lipinski definition) is 6. The molecule has 124 heavy (non-hydrogen) atoms. The van der Waals surface area contributed by atoms with Crippen LogP contribution in [0.15, 0.2) is 212 Å². The van der Waals surface area contributed by atoms with Crippen LogP contribution in [0.2, 0.25) is 0 Å². The highest BCUT2D eigenvalue weighted by Crippen LogP contribution is 2.38. The van der Waals surface area contributed by atoms with E-state index in [1.807, 2.05) is 32.9 Å². The van der Waals surface area contributed by atoms with Crippen LogP contribution in [0.25, 0.3) is 0 Å². The Morgan fingerprint density at radius 3 is 0.976 bits per heavy atom. The molecule has 0 aliphatic heterocycles. The molecule has 0 bridgehead atoms. The first kappa shape index (κ1) is 96.8. The van der Waals surface area contributed by atoms with Gasteiger partial charge in [0, 0.05) is 50.6 Å². The lowest BCUT2D eigenvalue weighted by molar-refractivity contribution is -0.139. The molecule has 6 N–H and O–H groups in total. The highest BCUT2D eigenvalue weighted by Gasteiger charge is 2.35. The van der Waals surface area contributed by atoms with Crippen molar-refractivity contribution in [3.8, 4) is 34.5 Å². The molecule has 0 atom stereocenters. The quantitative estimate of drug-likeness (QED) is 0.0307. The number of carboxylic acids is 6. The molecule has 0 aromatic heterocycles. The highest BCUT2D eigenvalue weighted by atomic mass is 19.4. The van der Waals surface area contributed by atoms with Gasteiger partial charge in [0.15, 0.2) is 23.1 Å². The number of carboxylic acid groups (broad SMARTS) is 6. The van der Waals surface area contributed by atoms with E-state index in [1.165, 1.54) is 66.7 Å². The summed E-state index contributed by atoms with van der Waals surface area (Å²) >= 11 is 0. The van der Waals surface area contributed by atoms with Crippen molar-refractivity contribution in [2.45, 2.75) is 136 Å². The van der Waals surface area contributed by atoms with Crippen molar-refractivity contribution in [2.24, 2.45) is 0 Å². The average Bonchev–Trinajstić information content (AvgIpc) is 0.819. The predicted molar refractivity (Wildman–Crippen MR) is 451 cm³/mol. The van der Waals surface area contributed by atoms with Crippen LogP contribution in [-0.2, 0) is 45.8 Å².